The molecule has 1 aliphatic heterocycles. The van der Waals surface area contributed by atoms with Crippen molar-refractivity contribution >= 4 is 22.4 Å². The molecule has 2 aromatic heterocycles. The van der Waals surface area contributed by atoms with Gasteiger partial charge in [0.15, 0.2) is 0 Å². The van der Waals surface area contributed by atoms with Gasteiger partial charge in [-0.1, -0.05) is 6.07 Å². The number of nitrogens with one attached hydrogen (secondary N) is 2. The number of benzene rings is 1. The molecule has 1 atom stereocenters. The minimum absolute atomic E-state index is 0.465. The largest absolute Gasteiger partial charge is 0.378 e. The Labute approximate surface area is 147 Å². The fourth-order valence-corrected chi connectivity index (χ4v) is 3.29. The van der Waals surface area contributed by atoms with Gasteiger partial charge in [0.2, 0.25) is 0 Å². The van der Waals surface area contributed by atoms with Crippen LogP contribution in [-0.2, 0) is 6.54 Å². The second-order valence-corrected chi connectivity index (χ2v) is 6.37. The van der Waals surface area contributed by atoms with Crippen molar-refractivity contribution in [2.75, 3.05) is 29.9 Å². The first kappa shape index (κ1) is 15.8. The van der Waals surface area contributed by atoms with Crippen LogP contribution in [0.25, 0.3) is 11.0 Å². The lowest BCUT2D eigenvalue weighted by atomic mass is 10.1. The number of hydrogen-bond acceptors (Lipinski definition) is 6. The number of rotatable bonds is 4. The molecule has 1 aliphatic rings. The maximum absolute atomic E-state index is 4.38. The first-order valence-electron chi connectivity index (χ1n) is 8.66. The Morgan fingerprint density at radius 1 is 1.16 bits per heavy atom. The third-order valence-electron chi connectivity index (χ3n) is 4.63. The molecule has 1 fully saturated rings. The Balaban J connectivity index is 1.54. The van der Waals surface area contributed by atoms with E-state index in [1.165, 1.54) is 11.3 Å². The Kier molecular flexibility index (Phi) is 4.43. The SMILES string of the molecule is CC1CNCCN1c1ccncc1NCc1ccc2nccnc2c1. The quantitative estimate of drug-likeness (QED) is 0.764. The minimum Gasteiger partial charge on any atom is -0.378 e. The summed E-state index contributed by atoms with van der Waals surface area (Å²) in [6, 6.07) is 8.75. The zero-order valence-corrected chi connectivity index (χ0v) is 14.3. The molecule has 0 radical (unpaired) electrons. The van der Waals surface area contributed by atoms with Gasteiger partial charge < -0.3 is 15.5 Å². The van der Waals surface area contributed by atoms with Crippen LogP contribution >= 0.6 is 0 Å². The van der Waals surface area contributed by atoms with Gasteiger partial charge in [0.1, 0.15) is 0 Å². The summed E-state index contributed by atoms with van der Waals surface area (Å²) in [5, 5.41) is 6.98. The zero-order chi connectivity index (χ0) is 17.1. The highest BCUT2D eigenvalue weighted by atomic mass is 15.2. The monoisotopic (exact) mass is 334 g/mol. The van der Waals surface area contributed by atoms with E-state index in [9.17, 15) is 0 Å². The van der Waals surface area contributed by atoms with E-state index < -0.39 is 0 Å². The average Bonchev–Trinajstić information content (AvgIpc) is 2.67. The van der Waals surface area contributed by atoms with Crippen LogP contribution in [0.5, 0.6) is 0 Å². The maximum Gasteiger partial charge on any atom is 0.0890 e. The molecule has 0 saturated carbocycles. The highest BCUT2D eigenvalue weighted by Crippen LogP contribution is 2.27. The van der Waals surface area contributed by atoms with Crippen LogP contribution in [0.2, 0.25) is 0 Å². The van der Waals surface area contributed by atoms with Crippen molar-refractivity contribution in [3.8, 4) is 0 Å². The van der Waals surface area contributed by atoms with Crippen LogP contribution in [0, 0.1) is 0 Å². The Hall–Kier alpha value is -2.73. The molecular weight excluding hydrogens is 312 g/mol. The molecule has 1 unspecified atom stereocenters. The van der Waals surface area contributed by atoms with E-state index in [1.54, 1.807) is 12.4 Å². The number of nitrogens with zero attached hydrogens (tertiary/aromatic N) is 4. The molecule has 4 rings (SSSR count). The molecule has 3 heterocycles. The van der Waals surface area contributed by atoms with Crippen molar-refractivity contribution in [2.45, 2.75) is 19.5 Å². The molecule has 1 saturated heterocycles. The van der Waals surface area contributed by atoms with Gasteiger partial charge in [-0.3, -0.25) is 15.0 Å². The normalized spacial score (nSPS) is 17.6. The highest BCUT2D eigenvalue weighted by Gasteiger charge is 2.20. The first-order valence-corrected chi connectivity index (χ1v) is 8.66. The Morgan fingerprint density at radius 3 is 2.92 bits per heavy atom. The van der Waals surface area contributed by atoms with Gasteiger partial charge in [0.05, 0.1) is 28.6 Å². The summed E-state index contributed by atoms with van der Waals surface area (Å²) < 4.78 is 0. The molecule has 0 spiro atoms. The summed E-state index contributed by atoms with van der Waals surface area (Å²) in [7, 11) is 0. The Bertz CT molecular complexity index is 865. The number of pyridine rings is 1. The van der Waals surface area contributed by atoms with E-state index in [-0.39, 0.29) is 0 Å². The second kappa shape index (κ2) is 7.03. The van der Waals surface area contributed by atoms with Crippen LogP contribution < -0.4 is 15.5 Å². The number of aromatic nitrogens is 3. The maximum atomic E-state index is 4.38. The Morgan fingerprint density at radius 2 is 2.04 bits per heavy atom. The summed E-state index contributed by atoms with van der Waals surface area (Å²) >= 11 is 0. The second-order valence-electron chi connectivity index (χ2n) is 6.37. The lowest BCUT2D eigenvalue weighted by Gasteiger charge is -2.37. The van der Waals surface area contributed by atoms with Crippen molar-refractivity contribution < 1.29 is 0 Å². The highest BCUT2D eigenvalue weighted by molar-refractivity contribution is 5.75. The molecule has 0 aliphatic carbocycles. The molecule has 25 heavy (non-hydrogen) atoms. The molecule has 128 valence electrons. The van der Waals surface area contributed by atoms with Gasteiger partial charge in [0, 0.05) is 50.8 Å². The van der Waals surface area contributed by atoms with E-state index in [2.05, 4.69) is 55.6 Å². The fourth-order valence-electron chi connectivity index (χ4n) is 3.29. The predicted octanol–water partition coefficient (Wildman–Crippen LogP) is 2.43. The third-order valence-corrected chi connectivity index (χ3v) is 4.63. The molecule has 2 N–H and O–H groups in total. The first-order chi connectivity index (χ1) is 12.3. The molecule has 0 amide bonds. The molecule has 3 aromatic rings. The van der Waals surface area contributed by atoms with Crippen molar-refractivity contribution in [2.24, 2.45) is 0 Å². The predicted molar refractivity (Wildman–Crippen MR) is 101 cm³/mol. The summed E-state index contributed by atoms with van der Waals surface area (Å²) in [6.07, 6.45) is 7.22. The minimum atomic E-state index is 0.465. The summed E-state index contributed by atoms with van der Waals surface area (Å²) in [6.45, 7) is 6.00. The van der Waals surface area contributed by atoms with E-state index in [1.807, 2.05) is 18.5 Å². The van der Waals surface area contributed by atoms with Gasteiger partial charge in [-0.15, -0.1) is 0 Å². The van der Waals surface area contributed by atoms with Crippen molar-refractivity contribution in [1.29, 1.82) is 0 Å². The lowest BCUT2D eigenvalue weighted by Crippen LogP contribution is -2.50. The molecule has 6 heteroatoms. The van der Waals surface area contributed by atoms with Gasteiger partial charge >= 0.3 is 0 Å². The smallest absolute Gasteiger partial charge is 0.0890 e. The van der Waals surface area contributed by atoms with Gasteiger partial charge in [-0.05, 0) is 30.7 Å². The van der Waals surface area contributed by atoms with Crippen LogP contribution in [0.4, 0.5) is 11.4 Å². The molecule has 1 aromatic carbocycles. The number of fused-ring (bicyclic) bond motifs is 1. The van der Waals surface area contributed by atoms with Crippen molar-refractivity contribution in [1.82, 2.24) is 20.3 Å². The molecule has 6 nitrogen and oxygen atoms in total. The van der Waals surface area contributed by atoms with Crippen LogP contribution in [0.1, 0.15) is 12.5 Å². The van der Waals surface area contributed by atoms with Crippen LogP contribution in [0.3, 0.4) is 0 Å². The van der Waals surface area contributed by atoms with Crippen molar-refractivity contribution in [3.05, 3.63) is 54.6 Å². The standard InChI is InChI=1S/C19H22N6/c1-14-11-21-8-9-25(14)19-4-5-20-13-18(19)24-12-15-2-3-16-17(10-15)23-7-6-22-16/h2-7,10,13-14,21,24H,8-9,11-12H2,1H3. The zero-order valence-electron chi connectivity index (χ0n) is 14.3. The summed E-state index contributed by atoms with van der Waals surface area (Å²) in [5.74, 6) is 0. The number of piperazine rings is 1. The summed E-state index contributed by atoms with van der Waals surface area (Å²) in [5.41, 5.74) is 5.29. The molecular formula is C19H22N6. The number of anilines is 2. The number of hydrogen-bond donors (Lipinski definition) is 2. The third kappa shape index (κ3) is 3.39. The van der Waals surface area contributed by atoms with E-state index in [0.717, 1.165) is 42.9 Å². The van der Waals surface area contributed by atoms with Gasteiger partial charge in [0.25, 0.3) is 0 Å². The molecule has 0 bridgehead atoms. The lowest BCUT2D eigenvalue weighted by molar-refractivity contribution is 0.501. The van der Waals surface area contributed by atoms with E-state index in [0.29, 0.717) is 6.04 Å². The average molecular weight is 334 g/mol. The van der Waals surface area contributed by atoms with Gasteiger partial charge in [-0.2, -0.15) is 0 Å². The van der Waals surface area contributed by atoms with Gasteiger partial charge in [-0.25, -0.2) is 0 Å². The van der Waals surface area contributed by atoms with E-state index >= 15 is 0 Å². The fraction of sp³-hybridized carbons (Fsp3) is 0.316. The van der Waals surface area contributed by atoms with Crippen LogP contribution in [-0.4, -0.2) is 40.6 Å². The van der Waals surface area contributed by atoms with Crippen molar-refractivity contribution in [3.63, 3.8) is 0 Å². The van der Waals surface area contributed by atoms with Crippen LogP contribution in [0.15, 0.2) is 49.1 Å². The topological polar surface area (TPSA) is 66.0 Å². The van der Waals surface area contributed by atoms with E-state index in [4.69, 9.17) is 0 Å². The summed E-state index contributed by atoms with van der Waals surface area (Å²) in [4.78, 5) is 15.4.